The zero-order chi connectivity index (χ0) is 21.1. The summed E-state index contributed by atoms with van der Waals surface area (Å²) in [4.78, 5) is 27.6. The lowest BCUT2D eigenvalue weighted by Crippen LogP contribution is -2.53. The van der Waals surface area contributed by atoms with Gasteiger partial charge in [-0.1, -0.05) is 36.4 Å². The highest BCUT2D eigenvalue weighted by Crippen LogP contribution is 2.31. The number of amides is 1. The summed E-state index contributed by atoms with van der Waals surface area (Å²) in [5.41, 5.74) is 1.59. The van der Waals surface area contributed by atoms with E-state index in [0.29, 0.717) is 11.5 Å². The van der Waals surface area contributed by atoms with E-state index in [4.69, 9.17) is 9.84 Å². The molecule has 3 fully saturated rings. The maximum atomic E-state index is 14.5. The molecule has 1 amide bonds. The van der Waals surface area contributed by atoms with E-state index in [-0.39, 0.29) is 24.8 Å². The number of anilines is 1. The highest BCUT2D eigenvalue weighted by Gasteiger charge is 2.37. The van der Waals surface area contributed by atoms with E-state index in [0.717, 1.165) is 38.0 Å². The minimum Gasteiger partial charge on any atom is -0.481 e. The largest absolute Gasteiger partial charge is 0.481 e. The molecule has 2 bridgehead atoms. The Balaban J connectivity index is 1.53. The van der Waals surface area contributed by atoms with Crippen LogP contribution in [0, 0.1) is 11.7 Å². The van der Waals surface area contributed by atoms with Crippen LogP contribution in [0.25, 0.3) is 0 Å². The molecule has 0 radical (unpaired) electrons. The van der Waals surface area contributed by atoms with Crippen molar-refractivity contribution in [2.75, 3.05) is 24.5 Å². The maximum absolute atomic E-state index is 14.5. The van der Waals surface area contributed by atoms with Crippen LogP contribution >= 0.6 is 0 Å². The number of carbonyl (C=O) groups is 2. The first-order valence-electron chi connectivity index (χ1n) is 10.2. The van der Waals surface area contributed by atoms with Gasteiger partial charge in [0.2, 0.25) is 0 Å². The maximum Gasteiger partial charge on any atom is 0.415 e. The fourth-order valence-electron chi connectivity index (χ4n) is 4.28. The summed E-state index contributed by atoms with van der Waals surface area (Å²) >= 11 is 0. The SMILES string of the molecule is O=C(O)Cc1ccc(CN(C(=O)O[C@H]2CN3CCC2CC3)c2ccccc2F)cc1. The van der Waals surface area contributed by atoms with E-state index in [1.54, 1.807) is 42.5 Å². The molecular formula is C23H25FN2O4. The fraction of sp³-hybridized carbons (Fsp3) is 0.391. The average molecular weight is 412 g/mol. The van der Waals surface area contributed by atoms with Crippen LogP contribution in [0.5, 0.6) is 0 Å². The number of para-hydroxylation sites is 1. The zero-order valence-corrected chi connectivity index (χ0v) is 16.7. The lowest BCUT2D eigenvalue weighted by molar-refractivity contribution is -0.136. The van der Waals surface area contributed by atoms with E-state index < -0.39 is 17.9 Å². The molecule has 0 unspecified atom stereocenters. The standard InChI is InChI=1S/C23H25FN2O4/c24-19-3-1-2-4-20(19)26(14-17-7-5-16(6-8-17)13-22(27)28)23(29)30-21-15-25-11-9-18(21)10-12-25/h1-8,18,21H,9-15H2,(H,27,28)/t21-/m0/s1. The van der Waals surface area contributed by atoms with Crippen molar-refractivity contribution in [2.45, 2.75) is 31.9 Å². The highest BCUT2D eigenvalue weighted by atomic mass is 19.1. The Morgan fingerprint density at radius 3 is 2.33 bits per heavy atom. The summed E-state index contributed by atoms with van der Waals surface area (Å²) in [6, 6.07) is 13.1. The number of hydrogen-bond donors (Lipinski definition) is 1. The van der Waals surface area contributed by atoms with Gasteiger partial charge in [0, 0.05) is 6.54 Å². The second-order valence-electron chi connectivity index (χ2n) is 7.98. The molecule has 2 aromatic rings. The first-order valence-corrected chi connectivity index (χ1v) is 10.2. The van der Waals surface area contributed by atoms with Gasteiger partial charge in [-0.05, 0) is 55.1 Å². The minimum atomic E-state index is -0.906. The second-order valence-corrected chi connectivity index (χ2v) is 7.98. The summed E-state index contributed by atoms with van der Waals surface area (Å²) in [6.45, 7) is 2.94. The van der Waals surface area contributed by atoms with Crippen molar-refractivity contribution in [1.82, 2.24) is 4.90 Å². The van der Waals surface area contributed by atoms with Gasteiger partial charge in [0.05, 0.1) is 18.7 Å². The van der Waals surface area contributed by atoms with E-state index >= 15 is 0 Å². The molecule has 5 rings (SSSR count). The molecule has 3 aliphatic rings. The molecule has 0 aliphatic carbocycles. The Morgan fingerprint density at radius 1 is 1.07 bits per heavy atom. The number of rotatable bonds is 6. The molecule has 3 aliphatic heterocycles. The number of nitrogens with zero attached hydrogens (tertiary/aromatic N) is 2. The van der Waals surface area contributed by atoms with Gasteiger partial charge in [0.25, 0.3) is 0 Å². The molecule has 30 heavy (non-hydrogen) atoms. The Morgan fingerprint density at radius 2 is 1.73 bits per heavy atom. The van der Waals surface area contributed by atoms with Crippen molar-refractivity contribution in [3.63, 3.8) is 0 Å². The quantitative estimate of drug-likeness (QED) is 0.784. The smallest absolute Gasteiger partial charge is 0.415 e. The van der Waals surface area contributed by atoms with Crippen molar-refractivity contribution < 1.29 is 23.8 Å². The van der Waals surface area contributed by atoms with Gasteiger partial charge in [0.15, 0.2) is 0 Å². The zero-order valence-electron chi connectivity index (χ0n) is 16.7. The van der Waals surface area contributed by atoms with Crippen LogP contribution in [0.15, 0.2) is 48.5 Å². The van der Waals surface area contributed by atoms with Crippen LogP contribution < -0.4 is 4.90 Å². The van der Waals surface area contributed by atoms with Gasteiger partial charge >= 0.3 is 12.1 Å². The van der Waals surface area contributed by atoms with Crippen molar-refractivity contribution in [3.8, 4) is 0 Å². The lowest BCUT2D eigenvalue weighted by Gasteiger charge is -2.44. The number of piperidine rings is 3. The third kappa shape index (κ3) is 4.62. The predicted molar refractivity (Wildman–Crippen MR) is 110 cm³/mol. The minimum absolute atomic E-state index is 0.0705. The molecule has 158 valence electrons. The lowest BCUT2D eigenvalue weighted by atomic mass is 9.86. The van der Waals surface area contributed by atoms with Gasteiger partial charge in [-0.2, -0.15) is 0 Å². The number of halogens is 1. The number of benzene rings is 2. The van der Waals surface area contributed by atoms with Crippen LogP contribution in [-0.2, 0) is 22.5 Å². The third-order valence-electron chi connectivity index (χ3n) is 5.93. The van der Waals surface area contributed by atoms with Crippen molar-refractivity contribution in [2.24, 2.45) is 5.92 Å². The number of carboxylic acid groups (broad SMARTS) is 1. The molecule has 0 saturated carbocycles. The molecule has 1 atom stereocenters. The number of fused-ring (bicyclic) bond motifs is 3. The fourth-order valence-corrected chi connectivity index (χ4v) is 4.28. The molecule has 7 heteroatoms. The first-order chi connectivity index (χ1) is 14.5. The van der Waals surface area contributed by atoms with Crippen molar-refractivity contribution in [1.29, 1.82) is 0 Å². The van der Waals surface area contributed by atoms with Crippen LogP contribution in [0.2, 0.25) is 0 Å². The van der Waals surface area contributed by atoms with Gasteiger partial charge in [-0.25, -0.2) is 9.18 Å². The topological polar surface area (TPSA) is 70.1 Å². The number of aliphatic carboxylic acids is 1. The van der Waals surface area contributed by atoms with Gasteiger partial charge in [0.1, 0.15) is 11.9 Å². The van der Waals surface area contributed by atoms with Crippen LogP contribution in [0.3, 0.4) is 0 Å². The Labute approximate surface area is 174 Å². The van der Waals surface area contributed by atoms with Crippen LogP contribution in [0.4, 0.5) is 14.9 Å². The van der Waals surface area contributed by atoms with Gasteiger partial charge < -0.3 is 9.84 Å². The van der Waals surface area contributed by atoms with Crippen LogP contribution in [-0.4, -0.2) is 47.8 Å². The van der Waals surface area contributed by atoms with E-state index in [1.165, 1.54) is 11.0 Å². The first kappa shape index (κ1) is 20.3. The molecule has 6 nitrogen and oxygen atoms in total. The Kier molecular flexibility index (Phi) is 5.99. The Bertz CT molecular complexity index is 910. The highest BCUT2D eigenvalue weighted by molar-refractivity contribution is 5.87. The Hall–Kier alpha value is -2.93. The monoisotopic (exact) mass is 412 g/mol. The molecule has 3 heterocycles. The normalized spacial score (nSPS) is 22.5. The molecule has 1 N–H and O–H groups in total. The summed E-state index contributed by atoms with van der Waals surface area (Å²) in [5.74, 6) is -1.04. The number of carbonyl (C=O) groups excluding carboxylic acids is 1. The van der Waals surface area contributed by atoms with Gasteiger partial charge in [-0.15, -0.1) is 0 Å². The summed E-state index contributed by atoms with van der Waals surface area (Å²) in [5, 5.41) is 8.92. The number of hydrogen-bond acceptors (Lipinski definition) is 4. The summed E-state index contributed by atoms with van der Waals surface area (Å²) < 4.78 is 20.4. The van der Waals surface area contributed by atoms with E-state index in [1.807, 2.05) is 0 Å². The average Bonchev–Trinajstić information content (AvgIpc) is 2.74. The third-order valence-corrected chi connectivity index (χ3v) is 5.93. The van der Waals surface area contributed by atoms with Gasteiger partial charge in [-0.3, -0.25) is 14.6 Å². The van der Waals surface area contributed by atoms with E-state index in [9.17, 15) is 14.0 Å². The molecular weight excluding hydrogens is 387 g/mol. The molecule has 3 saturated heterocycles. The van der Waals surface area contributed by atoms with Crippen LogP contribution in [0.1, 0.15) is 24.0 Å². The van der Waals surface area contributed by atoms with E-state index in [2.05, 4.69) is 4.90 Å². The van der Waals surface area contributed by atoms with Crippen molar-refractivity contribution in [3.05, 3.63) is 65.5 Å². The second kappa shape index (κ2) is 8.83. The number of carboxylic acids is 1. The number of ether oxygens (including phenoxy) is 1. The molecule has 0 spiro atoms. The molecule has 2 aromatic carbocycles. The summed E-state index contributed by atoms with van der Waals surface area (Å²) in [7, 11) is 0. The predicted octanol–water partition coefficient (Wildman–Crippen LogP) is 3.69. The summed E-state index contributed by atoms with van der Waals surface area (Å²) in [6.07, 6.45) is 1.23. The molecule has 0 aromatic heterocycles. The van der Waals surface area contributed by atoms with Crippen molar-refractivity contribution >= 4 is 17.7 Å².